The molecule has 2 fully saturated rings. The van der Waals surface area contributed by atoms with E-state index in [4.69, 9.17) is 19.3 Å². The molecule has 0 aromatic heterocycles. The molecule has 2 rings (SSSR count). The molecule has 0 spiro atoms. The topological polar surface area (TPSA) is 190 Å². The van der Waals surface area contributed by atoms with Crippen LogP contribution in [0.4, 0.5) is 0 Å². The fourth-order valence-electron chi connectivity index (χ4n) is 2.57. The molecule has 8 N–H and O–H groups in total. The van der Waals surface area contributed by atoms with Gasteiger partial charge in [0.25, 0.3) is 0 Å². The summed E-state index contributed by atoms with van der Waals surface area (Å²) in [6.45, 7) is -1.35. The molecule has 10 atom stereocenters. The van der Waals surface area contributed by atoms with Gasteiger partial charge in [0.1, 0.15) is 48.8 Å². The summed E-state index contributed by atoms with van der Waals surface area (Å²) in [5.74, 6) is 0. The van der Waals surface area contributed by atoms with Gasteiger partial charge in [0.2, 0.25) is 0 Å². The van der Waals surface area contributed by atoms with Crippen LogP contribution >= 0.6 is 0 Å². The van der Waals surface area contributed by atoms with Gasteiger partial charge in [0.15, 0.2) is 12.6 Å². The van der Waals surface area contributed by atoms with Gasteiger partial charge in [-0.05, 0) is 0 Å². The minimum atomic E-state index is -1.74. The molecule has 2 aliphatic heterocycles. The van der Waals surface area contributed by atoms with Gasteiger partial charge in [-0.2, -0.15) is 0 Å². The summed E-state index contributed by atoms with van der Waals surface area (Å²) in [5, 5.41) is 76.5. The van der Waals surface area contributed by atoms with Crippen LogP contribution in [0.5, 0.6) is 0 Å². The van der Waals surface area contributed by atoms with Crippen molar-refractivity contribution in [2.24, 2.45) is 0 Å². The molecule has 136 valence electrons. The van der Waals surface area contributed by atoms with Gasteiger partial charge >= 0.3 is 0 Å². The third-order valence-corrected chi connectivity index (χ3v) is 3.98. The van der Waals surface area contributed by atoms with Gasteiger partial charge in [0.05, 0.1) is 13.2 Å². The van der Waals surface area contributed by atoms with Crippen molar-refractivity contribution >= 4 is 0 Å². The Bertz CT molecular complexity index is 378. The number of ether oxygens (including phenoxy) is 3. The predicted octanol–water partition coefficient (Wildman–Crippen LogP) is -5.40. The Hall–Kier alpha value is -0.440. The lowest BCUT2D eigenvalue weighted by Crippen LogP contribution is -2.64. The lowest BCUT2D eigenvalue weighted by atomic mass is 9.97. The van der Waals surface area contributed by atoms with E-state index in [-0.39, 0.29) is 0 Å². The summed E-state index contributed by atoms with van der Waals surface area (Å²) < 4.78 is 15.3. The molecule has 0 bridgehead atoms. The summed E-state index contributed by atoms with van der Waals surface area (Å²) >= 11 is 0. The lowest BCUT2D eigenvalue weighted by molar-refractivity contribution is -0.355. The zero-order chi connectivity index (χ0) is 17.3. The third-order valence-electron chi connectivity index (χ3n) is 3.98. The average molecular weight is 342 g/mol. The molecule has 23 heavy (non-hydrogen) atoms. The molecule has 2 aliphatic rings. The lowest BCUT2D eigenvalue weighted by Gasteiger charge is -2.45. The second kappa shape index (κ2) is 7.63. The number of aliphatic hydroxyl groups is 8. The van der Waals surface area contributed by atoms with E-state index in [0.717, 1.165) is 0 Å². The minimum absolute atomic E-state index is 0.667. The van der Waals surface area contributed by atoms with Gasteiger partial charge in [0, 0.05) is 0 Å². The maximum absolute atomic E-state index is 9.94. The normalized spacial score (nSPS) is 51.7. The first-order chi connectivity index (χ1) is 10.8. The van der Waals surface area contributed by atoms with E-state index >= 15 is 0 Å². The molecular formula is C12H22O11. The number of hydrogen-bond acceptors (Lipinski definition) is 11. The first-order valence-corrected chi connectivity index (χ1v) is 7.08. The molecule has 0 aliphatic carbocycles. The van der Waals surface area contributed by atoms with E-state index in [1.54, 1.807) is 0 Å². The minimum Gasteiger partial charge on any atom is -0.394 e. The van der Waals surface area contributed by atoms with Gasteiger partial charge < -0.3 is 55.1 Å². The van der Waals surface area contributed by atoms with Crippen LogP contribution in [0.2, 0.25) is 0 Å². The molecule has 0 aromatic carbocycles. The molecule has 0 aromatic rings. The van der Waals surface area contributed by atoms with E-state index in [0.29, 0.717) is 0 Å². The molecule has 2 heterocycles. The van der Waals surface area contributed by atoms with E-state index in [1.807, 2.05) is 0 Å². The van der Waals surface area contributed by atoms with Crippen LogP contribution in [0, 0.1) is 0 Å². The molecule has 11 heteroatoms. The third kappa shape index (κ3) is 3.65. The van der Waals surface area contributed by atoms with Crippen molar-refractivity contribution in [2.75, 3.05) is 13.2 Å². The average Bonchev–Trinajstić information content (AvgIpc) is 2.55. The number of aliphatic hydroxyl groups excluding tert-OH is 8. The Labute approximate surface area is 130 Å². The summed E-state index contributed by atoms with van der Waals surface area (Å²) in [6.07, 6.45) is -15.6. The SMILES string of the molecule is OCC1O[C@@H](O)[C@@H](O)C(O)[C@@H]1O[C@H]1OC(CO)[C@@H](O)[C@H](O)C1O. The first-order valence-electron chi connectivity index (χ1n) is 7.08. The van der Waals surface area contributed by atoms with Crippen molar-refractivity contribution < 1.29 is 55.1 Å². The van der Waals surface area contributed by atoms with Gasteiger partial charge in [-0.25, -0.2) is 0 Å². The Morgan fingerprint density at radius 1 is 0.652 bits per heavy atom. The van der Waals surface area contributed by atoms with Crippen molar-refractivity contribution in [1.29, 1.82) is 0 Å². The Morgan fingerprint density at radius 2 is 1.26 bits per heavy atom. The summed E-state index contributed by atoms with van der Waals surface area (Å²) in [4.78, 5) is 0. The highest BCUT2D eigenvalue weighted by molar-refractivity contribution is 4.93. The molecule has 0 radical (unpaired) electrons. The fraction of sp³-hybridized carbons (Fsp3) is 1.00. The Kier molecular flexibility index (Phi) is 6.27. The van der Waals surface area contributed by atoms with Crippen molar-refractivity contribution in [2.45, 2.75) is 61.4 Å². The number of hydrogen-bond donors (Lipinski definition) is 8. The highest BCUT2D eigenvalue weighted by Crippen LogP contribution is 2.28. The number of rotatable bonds is 4. The Balaban J connectivity index is 2.11. The molecule has 4 unspecified atom stereocenters. The molecule has 11 nitrogen and oxygen atoms in total. The summed E-state index contributed by atoms with van der Waals surface area (Å²) in [5.41, 5.74) is 0. The second-order valence-electron chi connectivity index (χ2n) is 5.53. The quantitative estimate of drug-likeness (QED) is 0.243. The van der Waals surface area contributed by atoms with Gasteiger partial charge in [-0.3, -0.25) is 0 Å². The zero-order valence-corrected chi connectivity index (χ0v) is 12.0. The molecule has 2 saturated heterocycles. The monoisotopic (exact) mass is 342 g/mol. The largest absolute Gasteiger partial charge is 0.394 e. The molecule has 0 saturated carbocycles. The smallest absolute Gasteiger partial charge is 0.187 e. The second-order valence-corrected chi connectivity index (χ2v) is 5.53. The maximum Gasteiger partial charge on any atom is 0.187 e. The van der Waals surface area contributed by atoms with Crippen molar-refractivity contribution in [3.63, 3.8) is 0 Å². The maximum atomic E-state index is 9.94. The predicted molar refractivity (Wildman–Crippen MR) is 68.6 cm³/mol. The van der Waals surface area contributed by atoms with E-state index in [1.165, 1.54) is 0 Å². The molecule has 0 amide bonds. The Morgan fingerprint density at radius 3 is 1.83 bits per heavy atom. The van der Waals surface area contributed by atoms with E-state index < -0.39 is 74.6 Å². The van der Waals surface area contributed by atoms with Crippen molar-refractivity contribution in [3.8, 4) is 0 Å². The van der Waals surface area contributed by atoms with Crippen LogP contribution in [0.25, 0.3) is 0 Å². The standard InChI is InChI=1S/C12H22O11/c13-1-3-5(15)6(16)9(19)12(22-3)23-10-4(2-14)21-11(20)8(18)7(10)17/h3-20H,1-2H2/t3?,4?,5-,6+,7?,8+,9?,10-,11-,12-/m1/s1. The highest BCUT2D eigenvalue weighted by atomic mass is 16.7. The molecular weight excluding hydrogens is 320 g/mol. The summed E-state index contributed by atoms with van der Waals surface area (Å²) in [6, 6.07) is 0. The van der Waals surface area contributed by atoms with Crippen LogP contribution in [0.3, 0.4) is 0 Å². The van der Waals surface area contributed by atoms with Gasteiger partial charge in [-0.15, -0.1) is 0 Å². The van der Waals surface area contributed by atoms with Crippen LogP contribution in [0.1, 0.15) is 0 Å². The van der Waals surface area contributed by atoms with Crippen LogP contribution in [-0.4, -0.2) is 115 Å². The first kappa shape index (κ1) is 18.9. The van der Waals surface area contributed by atoms with Crippen LogP contribution in [-0.2, 0) is 14.2 Å². The van der Waals surface area contributed by atoms with Crippen molar-refractivity contribution in [1.82, 2.24) is 0 Å². The zero-order valence-electron chi connectivity index (χ0n) is 12.0. The fourth-order valence-corrected chi connectivity index (χ4v) is 2.57. The van der Waals surface area contributed by atoms with E-state index in [9.17, 15) is 35.7 Å². The van der Waals surface area contributed by atoms with Crippen LogP contribution < -0.4 is 0 Å². The summed E-state index contributed by atoms with van der Waals surface area (Å²) in [7, 11) is 0. The van der Waals surface area contributed by atoms with Crippen molar-refractivity contribution in [3.05, 3.63) is 0 Å². The van der Waals surface area contributed by atoms with E-state index in [2.05, 4.69) is 0 Å². The highest BCUT2D eigenvalue weighted by Gasteiger charge is 2.50. The van der Waals surface area contributed by atoms with Gasteiger partial charge in [-0.1, -0.05) is 0 Å². The van der Waals surface area contributed by atoms with Crippen LogP contribution in [0.15, 0.2) is 0 Å².